The number of piperazine rings is 1. The number of hydrogen-bond acceptors (Lipinski definition) is 3. The Morgan fingerprint density at radius 1 is 1.35 bits per heavy atom. The smallest absolute Gasteiger partial charge is 0.246 e. The topological polar surface area (TPSA) is 50.2 Å². The highest BCUT2D eigenvalue weighted by atomic mass is 16.2. The van der Waals surface area contributed by atoms with Crippen molar-refractivity contribution in [1.82, 2.24) is 19.8 Å². The number of carbonyl (C=O) groups is 1. The number of carbonyl (C=O) groups excluding carboxylic acids is 1. The van der Waals surface area contributed by atoms with Gasteiger partial charge in [0.05, 0.1) is 6.33 Å². The molecule has 1 aliphatic heterocycles. The molecule has 1 aromatic rings. The molecule has 1 unspecified atom stereocenters. The quantitative estimate of drug-likeness (QED) is 0.832. The van der Waals surface area contributed by atoms with Crippen LogP contribution in [0.15, 0.2) is 18.7 Å². The standard InChI is InChI=1S/C12H20N4O/c1-10(2)11(16-8-5-14-9-16)12(17)15-6-3-13-4-7-15/h5,8-11,13H,3-4,6-7H2,1-2H3. The van der Waals surface area contributed by atoms with E-state index < -0.39 is 0 Å². The molecule has 1 saturated heterocycles. The van der Waals surface area contributed by atoms with Gasteiger partial charge in [-0.05, 0) is 5.92 Å². The van der Waals surface area contributed by atoms with Crippen LogP contribution in [0.4, 0.5) is 0 Å². The average Bonchev–Trinajstić information content (AvgIpc) is 2.83. The summed E-state index contributed by atoms with van der Waals surface area (Å²) in [6.07, 6.45) is 5.32. The molecular weight excluding hydrogens is 216 g/mol. The van der Waals surface area contributed by atoms with E-state index in [1.54, 1.807) is 12.5 Å². The van der Waals surface area contributed by atoms with Gasteiger partial charge in [0.25, 0.3) is 0 Å². The number of nitrogens with one attached hydrogen (secondary N) is 1. The van der Waals surface area contributed by atoms with Crippen molar-refractivity contribution in [3.63, 3.8) is 0 Å². The summed E-state index contributed by atoms with van der Waals surface area (Å²) in [5.41, 5.74) is 0. The average molecular weight is 236 g/mol. The monoisotopic (exact) mass is 236 g/mol. The van der Waals surface area contributed by atoms with E-state index in [1.165, 1.54) is 0 Å². The van der Waals surface area contributed by atoms with Gasteiger partial charge in [-0.15, -0.1) is 0 Å². The lowest BCUT2D eigenvalue weighted by molar-refractivity contribution is -0.136. The van der Waals surface area contributed by atoms with E-state index >= 15 is 0 Å². The number of rotatable bonds is 3. The fourth-order valence-corrected chi connectivity index (χ4v) is 2.26. The maximum atomic E-state index is 12.5. The number of nitrogens with zero attached hydrogens (tertiary/aromatic N) is 3. The second-order valence-electron chi connectivity index (χ2n) is 4.77. The number of aromatic nitrogens is 2. The molecule has 1 aromatic heterocycles. The normalized spacial score (nSPS) is 18.4. The Kier molecular flexibility index (Phi) is 3.78. The summed E-state index contributed by atoms with van der Waals surface area (Å²) in [7, 11) is 0. The first kappa shape index (κ1) is 12.1. The van der Waals surface area contributed by atoms with Gasteiger partial charge in [-0.2, -0.15) is 0 Å². The fourth-order valence-electron chi connectivity index (χ4n) is 2.26. The SMILES string of the molecule is CC(C)C(C(=O)N1CCNCC1)n1ccnc1. The summed E-state index contributed by atoms with van der Waals surface area (Å²) in [6, 6.07) is -0.129. The van der Waals surface area contributed by atoms with E-state index in [4.69, 9.17) is 0 Å². The number of imidazole rings is 1. The van der Waals surface area contributed by atoms with Crippen LogP contribution in [0.5, 0.6) is 0 Å². The molecule has 0 aliphatic carbocycles. The van der Waals surface area contributed by atoms with Gasteiger partial charge in [-0.1, -0.05) is 13.8 Å². The van der Waals surface area contributed by atoms with E-state index in [2.05, 4.69) is 24.1 Å². The van der Waals surface area contributed by atoms with Gasteiger partial charge < -0.3 is 14.8 Å². The van der Waals surface area contributed by atoms with Crippen LogP contribution < -0.4 is 5.32 Å². The lowest BCUT2D eigenvalue weighted by atomic mass is 10.0. The first-order valence-electron chi connectivity index (χ1n) is 6.17. The third-order valence-electron chi connectivity index (χ3n) is 3.16. The van der Waals surface area contributed by atoms with Gasteiger partial charge in [-0.25, -0.2) is 4.98 Å². The van der Waals surface area contributed by atoms with E-state index in [-0.39, 0.29) is 17.9 Å². The molecule has 2 heterocycles. The van der Waals surface area contributed by atoms with Crippen molar-refractivity contribution in [3.05, 3.63) is 18.7 Å². The number of hydrogen-bond donors (Lipinski definition) is 1. The van der Waals surface area contributed by atoms with E-state index in [0.29, 0.717) is 0 Å². The highest BCUT2D eigenvalue weighted by Crippen LogP contribution is 2.20. The third kappa shape index (κ3) is 2.66. The number of amides is 1. The molecule has 0 bridgehead atoms. The lowest BCUT2D eigenvalue weighted by Gasteiger charge is -2.32. The summed E-state index contributed by atoms with van der Waals surface area (Å²) in [6.45, 7) is 7.53. The molecule has 1 atom stereocenters. The minimum Gasteiger partial charge on any atom is -0.338 e. The van der Waals surface area contributed by atoms with E-state index in [9.17, 15) is 4.79 Å². The highest BCUT2D eigenvalue weighted by Gasteiger charge is 2.28. The van der Waals surface area contributed by atoms with Crippen LogP contribution in [0.1, 0.15) is 19.9 Å². The molecular formula is C12H20N4O. The lowest BCUT2D eigenvalue weighted by Crippen LogP contribution is -2.49. The third-order valence-corrected chi connectivity index (χ3v) is 3.16. The Bertz CT molecular complexity index is 355. The highest BCUT2D eigenvalue weighted by molar-refractivity contribution is 5.80. The summed E-state index contributed by atoms with van der Waals surface area (Å²) in [5.74, 6) is 0.478. The predicted octanol–water partition coefficient (Wildman–Crippen LogP) is 0.512. The summed E-state index contributed by atoms with van der Waals surface area (Å²) < 4.78 is 1.91. The molecule has 0 saturated carbocycles. The largest absolute Gasteiger partial charge is 0.338 e. The maximum absolute atomic E-state index is 12.5. The van der Waals surface area contributed by atoms with Crippen LogP contribution in [-0.2, 0) is 4.79 Å². The molecule has 1 aliphatic rings. The predicted molar refractivity (Wildman–Crippen MR) is 65.6 cm³/mol. The van der Waals surface area contributed by atoms with Crippen LogP contribution in [0, 0.1) is 5.92 Å². The molecule has 94 valence electrons. The molecule has 5 nitrogen and oxygen atoms in total. The minimum absolute atomic E-state index is 0.129. The van der Waals surface area contributed by atoms with Crippen molar-refractivity contribution >= 4 is 5.91 Å². The zero-order valence-electron chi connectivity index (χ0n) is 10.5. The second-order valence-corrected chi connectivity index (χ2v) is 4.77. The van der Waals surface area contributed by atoms with Crippen molar-refractivity contribution in [2.24, 2.45) is 5.92 Å². The van der Waals surface area contributed by atoms with Crippen molar-refractivity contribution in [2.75, 3.05) is 26.2 Å². The first-order valence-corrected chi connectivity index (χ1v) is 6.17. The van der Waals surface area contributed by atoms with Crippen molar-refractivity contribution in [1.29, 1.82) is 0 Å². The van der Waals surface area contributed by atoms with Gasteiger partial charge in [0.15, 0.2) is 0 Å². The summed E-state index contributed by atoms with van der Waals surface area (Å²) in [5, 5.41) is 3.26. The second kappa shape index (κ2) is 5.31. The molecule has 0 radical (unpaired) electrons. The molecule has 1 N–H and O–H groups in total. The molecule has 5 heteroatoms. The molecule has 1 fully saturated rings. The van der Waals surface area contributed by atoms with Crippen LogP contribution >= 0.6 is 0 Å². The van der Waals surface area contributed by atoms with Gasteiger partial charge >= 0.3 is 0 Å². The van der Waals surface area contributed by atoms with Crippen LogP contribution in [-0.4, -0.2) is 46.5 Å². The summed E-state index contributed by atoms with van der Waals surface area (Å²) >= 11 is 0. The van der Waals surface area contributed by atoms with Gasteiger partial charge in [0.1, 0.15) is 6.04 Å². The fraction of sp³-hybridized carbons (Fsp3) is 0.667. The van der Waals surface area contributed by atoms with Crippen molar-refractivity contribution in [3.8, 4) is 0 Å². The Hall–Kier alpha value is -1.36. The molecule has 0 spiro atoms. The van der Waals surface area contributed by atoms with Gasteiger partial charge in [0.2, 0.25) is 5.91 Å². The molecule has 17 heavy (non-hydrogen) atoms. The van der Waals surface area contributed by atoms with Crippen LogP contribution in [0.3, 0.4) is 0 Å². The zero-order chi connectivity index (χ0) is 12.3. The van der Waals surface area contributed by atoms with E-state index in [1.807, 2.05) is 15.7 Å². The van der Waals surface area contributed by atoms with Crippen LogP contribution in [0.2, 0.25) is 0 Å². The molecule has 0 aromatic carbocycles. The maximum Gasteiger partial charge on any atom is 0.246 e. The van der Waals surface area contributed by atoms with Crippen molar-refractivity contribution < 1.29 is 4.79 Å². The van der Waals surface area contributed by atoms with Crippen molar-refractivity contribution in [2.45, 2.75) is 19.9 Å². The van der Waals surface area contributed by atoms with E-state index in [0.717, 1.165) is 26.2 Å². The van der Waals surface area contributed by atoms with Gasteiger partial charge in [0, 0.05) is 38.6 Å². The Labute approximate surface area is 102 Å². The molecule has 1 amide bonds. The Balaban J connectivity index is 2.13. The Morgan fingerprint density at radius 2 is 2.06 bits per heavy atom. The van der Waals surface area contributed by atoms with Gasteiger partial charge in [-0.3, -0.25) is 4.79 Å². The zero-order valence-corrected chi connectivity index (χ0v) is 10.5. The summed E-state index contributed by atoms with van der Waals surface area (Å²) in [4.78, 5) is 18.5. The Morgan fingerprint density at radius 3 is 2.59 bits per heavy atom. The van der Waals surface area contributed by atoms with Crippen LogP contribution in [0.25, 0.3) is 0 Å². The molecule has 2 rings (SSSR count). The minimum atomic E-state index is -0.129. The first-order chi connectivity index (χ1) is 8.20.